The molecule has 0 aliphatic rings. The largest absolute Gasteiger partial charge is 0.330 e. The molecule has 0 spiro atoms. The van der Waals surface area contributed by atoms with E-state index in [2.05, 4.69) is 26.1 Å². The van der Waals surface area contributed by atoms with Crippen LogP contribution in [-0.4, -0.2) is 16.7 Å². The van der Waals surface area contributed by atoms with Crippen molar-refractivity contribution in [1.82, 2.24) is 10.2 Å². The van der Waals surface area contributed by atoms with Crippen molar-refractivity contribution in [3.05, 3.63) is 33.7 Å². The Hall–Kier alpha value is -0.780. The van der Waals surface area contributed by atoms with Gasteiger partial charge in [0.1, 0.15) is 10.0 Å². The standard InChI is InChI=1S/C10H10BrN3S/c11-8-4-2-1-3-7(8)10-14-13-9(15-10)5-6-12/h1-4H,5-6,12H2. The summed E-state index contributed by atoms with van der Waals surface area (Å²) < 4.78 is 1.04. The molecule has 0 radical (unpaired) electrons. The van der Waals surface area contributed by atoms with E-state index < -0.39 is 0 Å². The van der Waals surface area contributed by atoms with Gasteiger partial charge in [-0.1, -0.05) is 45.5 Å². The summed E-state index contributed by atoms with van der Waals surface area (Å²) >= 11 is 5.09. The summed E-state index contributed by atoms with van der Waals surface area (Å²) in [6.45, 7) is 0.616. The second-order valence-corrected chi connectivity index (χ2v) is 4.94. The van der Waals surface area contributed by atoms with Crippen LogP contribution in [0.2, 0.25) is 0 Å². The number of halogens is 1. The van der Waals surface area contributed by atoms with Crippen molar-refractivity contribution in [2.24, 2.45) is 5.73 Å². The highest BCUT2D eigenvalue weighted by atomic mass is 79.9. The maximum Gasteiger partial charge on any atom is 0.148 e. The molecule has 0 saturated heterocycles. The van der Waals surface area contributed by atoms with Crippen LogP contribution in [0.3, 0.4) is 0 Å². The first kappa shape index (κ1) is 10.7. The quantitative estimate of drug-likeness (QED) is 0.942. The molecule has 0 aliphatic carbocycles. The number of rotatable bonds is 3. The summed E-state index contributed by atoms with van der Waals surface area (Å²) in [4.78, 5) is 0. The van der Waals surface area contributed by atoms with Gasteiger partial charge in [0, 0.05) is 16.5 Å². The van der Waals surface area contributed by atoms with E-state index in [1.165, 1.54) is 0 Å². The molecule has 0 aliphatic heterocycles. The van der Waals surface area contributed by atoms with Gasteiger partial charge in [0.15, 0.2) is 0 Å². The third-order valence-electron chi connectivity index (χ3n) is 1.93. The average Bonchev–Trinajstić information content (AvgIpc) is 2.68. The minimum atomic E-state index is 0.616. The zero-order valence-corrected chi connectivity index (χ0v) is 10.4. The molecule has 1 aromatic carbocycles. The minimum absolute atomic E-state index is 0.616. The van der Waals surface area contributed by atoms with Crippen molar-refractivity contribution >= 4 is 27.3 Å². The lowest BCUT2D eigenvalue weighted by molar-refractivity contribution is 0.913. The molecule has 0 amide bonds. The molecule has 2 rings (SSSR count). The van der Waals surface area contributed by atoms with E-state index in [4.69, 9.17) is 5.73 Å². The van der Waals surface area contributed by atoms with Gasteiger partial charge >= 0.3 is 0 Å². The van der Waals surface area contributed by atoms with Gasteiger partial charge in [-0.05, 0) is 12.6 Å². The van der Waals surface area contributed by atoms with Crippen LogP contribution >= 0.6 is 27.3 Å². The van der Waals surface area contributed by atoms with E-state index in [0.29, 0.717) is 6.54 Å². The highest BCUT2D eigenvalue weighted by Gasteiger charge is 2.08. The number of hydrogen-bond acceptors (Lipinski definition) is 4. The molecule has 0 bridgehead atoms. The van der Waals surface area contributed by atoms with Crippen LogP contribution in [-0.2, 0) is 6.42 Å². The first-order chi connectivity index (χ1) is 7.31. The molecule has 15 heavy (non-hydrogen) atoms. The fourth-order valence-electron chi connectivity index (χ4n) is 1.22. The van der Waals surface area contributed by atoms with Gasteiger partial charge in [0.2, 0.25) is 0 Å². The predicted molar refractivity (Wildman–Crippen MR) is 65.8 cm³/mol. The van der Waals surface area contributed by atoms with E-state index in [1.54, 1.807) is 11.3 Å². The maximum atomic E-state index is 5.47. The van der Waals surface area contributed by atoms with E-state index in [-0.39, 0.29) is 0 Å². The summed E-state index contributed by atoms with van der Waals surface area (Å²) in [5.41, 5.74) is 6.55. The Morgan fingerprint density at radius 3 is 2.80 bits per heavy atom. The van der Waals surface area contributed by atoms with Gasteiger partial charge in [0.25, 0.3) is 0 Å². The lowest BCUT2D eigenvalue weighted by atomic mass is 10.2. The summed E-state index contributed by atoms with van der Waals surface area (Å²) in [7, 11) is 0. The Kier molecular flexibility index (Phi) is 3.45. The van der Waals surface area contributed by atoms with Gasteiger partial charge < -0.3 is 5.73 Å². The number of hydrogen-bond donors (Lipinski definition) is 1. The molecule has 3 nitrogen and oxygen atoms in total. The predicted octanol–water partition coefficient (Wildman–Crippen LogP) is 2.47. The molecule has 0 fully saturated rings. The third kappa shape index (κ3) is 2.42. The molecular formula is C10H10BrN3S. The van der Waals surface area contributed by atoms with Crippen LogP contribution < -0.4 is 5.73 Å². The number of nitrogens with zero attached hydrogens (tertiary/aromatic N) is 2. The van der Waals surface area contributed by atoms with Crippen LogP contribution in [0.1, 0.15) is 5.01 Å². The number of nitrogens with two attached hydrogens (primary N) is 1. The van der Waals surface area contributed by atoms with Crippen molar-refractivity contribution in [1.29, 1.82) is 0 Å². The van der Waals surface area contributed by atoms with Gasteiger partial charge in [-0.25, -0.2) is 0 Å². The topological polar surface area (TPSA) is 51.8 Å². The molecule has 2 N–H and O–H groups in total. The van der Waals surface area contributed by atoms with Gasteiger partial charge in [0.05, 0.1) is 0 Å². The SMILES string of the molecule is NCCc1nnc(-c2ccccc2Br)s1. The fraction of sp³-hybridized carbons (Fsp3) is 0.200. The average molecular weight is 284 g/mol. The van der Waals surface area contributed by atoms with Crippen LogP contribution in [0, 0.1) is 0 Å². The lowest BCUT2D eigenvalue weighted by Crippen LogP contribution is -2.01. The van der Waals surface area contributed by atoms with Crippen LogP contribution in [0.5, 0.6) is 0 Å². The van der Waals surface area contributed by atoms with Crippen LogP contribution in [0.15, 0.2) is 28.7 Å². The van der Waals surface area contributed by atoms with Crippen molar-refractivity contribution in [2.45, 2.75) is 6.42 Å². The highest BCUT2D eigenvalue weighted by Crippen LogP contribution is 2.30. The number of aromatic nitrogens is 2. The van der Waals surface area contributed by atoms with E-state index in [0.717, 1.165) is 26.5 Å². The van der Waals surface area contributed by atoms with Gasteiger partial charge in [-0.15, -0.1) is 10.2 Å². The molecule has 0 atom stereocenters. The second kappa shape index (κ2) is 4.83. The monoisotopic (exact) mass is 283 g/mol. The summed E-state index contributed by atoms with van der Waals surface area (Å²) in [5.74, 6) is 0. The Bertz CT molecular complexity index is 455. The zero-order valence-electron chi connectivity index (χ0n) is 7.98. The fourth-order valence-corrected chi connectivity index (χ4v) is 2.72. The number of benzene rings is 1. The van der Waals surface area contributed by atoms with Crippen LogP contribution in [0.25, 0.3) is 10.6 Å². The van der Waals surface area contributed by atoms with Crippen molar-refractivity contribution in [3.63, 3.8) is 0 Å². The Morgan fingerprint density at radius 2 is 2.07 bits per heavy atom. The second-order valence-electron chi connectivity index (χ2n) is 3.02. The Labute approximate surface area is 100 Å². The molecule has 1 aromatic heterocycles. The van der Waals surface area contributed by atoms with Gasteiger partial charge in [-0.3, -0.25) is 0 Å². The van der Waals surface area contributed by atoms with Crippen LogP contribution in [0.4, 0.5) is 0 Å². The smallest absolute Gasteiger partial charge is 0.148 e. The molecule has 78 valence electrons. The summed E-state index contributed by atoms with van der Waals surface area (Å²) in [6, 6.07) is 8.00. The first-order valence-corrected chi connectivity index (χ1v) is 6.19. The molecule has 0 unspecified atom stereocenters. The van der Waals surface area contributed by atoms with Gasteiger partial charge in [-0.2, -0.15) is 0 Å². The van der Waals surface area contributed by atoms with E-state index in [1.807, 2.05) is 24.3 Å². The van der Waals surface area contributed by atoms with E-state index >= 15 is 0 Å². The maximum absolute atomic E-state index is 5.47. The summed E-state index contributed by atoms with van der Waals surface area (Å²) in [5, 5.41) is 10.2. The Balaban J connectivity index is 2.33. The molecule has 1 heterocycles. The zero-order chi connectivity index (χ0) is 10.7. The minimum Gasteiger partial charge on any atom is -0.330 e. The first-order valence-electron chi connectivity index (χ1n) is 4.58. The Morgan fingerprint density at radius 1 is 1.27 bits per heavy atom. The third-order valence-corrected chi connectivity index (χ3v) is 3.64. The highest BCUT2D eigenvalue weighted by molar-refractivity contribution is 9.10. The lowest BCUT2D eigenvalue weighted by Gasteiger charge is -1.97. The van der Waals surface area contributed by atoms with Crippen molar-refractivity contribution in [2.75, 3.05) is 6.54 Å². The molecule has 5 heteroatoms. The molecule has 2 aromatic rings. The normalized spacial score (nSPS) is 10.5. The van der Waals surface area contributed by atoms with Crippen molar-refractivity contribution < 1.29 is 0 Å². The van der Waals surface area contributed by atoms with E-state index in [9.17, 15) is 0 Å². The van der Waals surface area contributed by atoms with Crippen molar-refractivity contribution in [3.8, 4) is 10.6 Å². The molecule has 0 saturated carbocycles. The molecular weight excluding hydrogens is 274 g/mol. The summed E-state index contributed by atoms with van der Waals surface area (Å²) in [6.07, 6.45) is 0.794.